The van der Waals surface area contributed by atoms with Crippen molar-refractivity contribution in [1.82, 2.24) is 10.6 Å². The standard InChI is InChI=1S/C47H84N2O3/c1-5-9-11-13-15-17-19-21-23-24-26-28-30-32-34-36-45(50)49-44(40-41-38-42(7-3)46(51)43(8-4)39-41)47(52)48-37-35-33-31-29-27-25-22-20-18-16-14-12-10-6-2/h21,23,38-39,44,51H,5-20,22,24-37,40H2,1-4H3,(H,48,52)(H,49,50). The van der Waals surface area contributed by atoms with Crippen molar-refractivity contribution < 1.29 is 14.7 Å². The highest BCUT2D eigenvalue weighted by Gasteiger charge is 2.22. The molecule has 0 radical (unpaired) electrons. The number of hydrogen-bond acceptors (Lipinski definition) is 3. The van der Waals surface area contributed by atoms with Crippen LogP contribution in [0.25, 0.3) is 0 Å². The van der Waals surface area contributed by atoms with E-state index in [0.29, 0.717) is 25.1 Å². The summed E-state index contributed by atoms with van der Waals surface area (Å²) in [5.41, 5.74) is 2.79. The molecule has 0 saturated carbocycles. The van der Waals surface area contributed by atoms with Crippen LogP contribution in [0.15, 0.2) is 24.3 Å². The lowest BCUT2D eigenvalue weighted by atomic mass is 9.96. The van der Waals surface area contributed by atoms with Gasteiger partial charge in [-0.25, -0.2) is 0 Å². The molecule has 0 aliphatic heterocycles. The van der Waals surface area contributed by atoms with Crippen LogP contribution in [0.5, 0.6) is 5.75 Å². The topological polar surface area (TPSA) is 78.4 Å². The van der Waals surface area contributed by atoms with E-state index in [1.54, 1.807) is 0 Å². The molecule has 0 aliphatic rings. The molecule has 300 valence electrons. The van der Waals surface area contributed by atoms with Gasteiger partial charge in [-0.15, -0.1) is 0 Å². The molecular weight excluding hydrogens is 641 g/mol. The average Bonchev–Trinajstić information content (AvgIpc) is 3.14. The molecule has 0 bridgehead atoms. The first-order chi connectivity index (χ1) is 25.5. The molecule has 3 N–H and O–H groups in total. The maximum atomic E-state index is 13.4. The highest BCUT2D eigenvalue weighted by Crippen LogP contribution is 2.26. The van der Waals surface area contributed by atoms with Crippen molar-refractivity contribution >= 4 is 11.8 Å². The van der Waals surface area contributed by atoms with Gasteiger partial charge in [-0.3, -0.25) is 9.59 Å². The lowest BCUT2D eigenvalue weighted by molar-refractivity contribution is -0.129. The number of hydrogen-bond donors (Lipinski definition) is 3. The maximum Gasteiger partial charge on any atom is 0.242 e. The summed E-state index contributed by atoms with van der Waals surface area (Å²) in [7, 11) is 0. The number of amides is 2. The van der Waals surface area contributed by atoms with E-state index in [4.69, 9.17) is 0 Å². The Hall–Kier alpha value is -2.30. The van der Waals surface area contributed by atoms with Crippen molar-refractivity contribution in [3.05, 3.63) is 41.0 Å². The number of phenols is 1. The van der Waals surface area contributed by atoms with Gasteiger partial charge in [0, 0.05) is 19.4 Å². The fourth-order valence-electron chi connectivity index (χ4n) is 7.21. The number of allylic oxidation sites excluding steroid dienone is 2. The first kappa shape index (κ1) is 47.7. The van der Waals surface area contributed by atoms with Crippen LogP contribution in [-0.4, -0.2) is 29.5 Å². The molecular formula is C47H84N2O3. The Kier molecular flexibility index (Phi) is 31.6. The van der Waals surface area contributed by atoms with E-state index in [0.717, 1.165) is 68.1 Å². The summed E-state index contributed by atoms with van der Waals surface area (Å²) in [5.74, 6) is 0.219. The molecule has 5 heteroatoms. The zero-order chi connectivity index (χ0) is 37.9. The number of aromatic hydroxyl groups is 1. The van der Waals surface area contributed by atoms with Gasteiger partial charge in [-0.1, -0.05) is 187 Å². The highest BCUT2D eigenvalue weighted by atomic mass is 16.3. The van der Waals surface area contributed by atoms with Crippen molar-refractivity contribution in [2.75, 3.05) is 6.54 Å². The van der Waals surface area contributed by atoms with Crippen LogP contribution >= 0.6 is 0 Å². The minimum atomic E-state index is -0.610. The van der Waals surface area contributed by atoms with E-state index in [2.05, 4.69) is 36.6 Å². The summed E-state index contributed by atoms with van der Waals surface area (Å²) >= 11 is 0. The first-order valence-corrected chi connectivity index (χ1v) is 22.5. The molecule has 5 nitrogen and oxygen atoms in total. The Morgan fingerprint density at radius 3 is 1.42 bits per heavy atom. The molecule has 0 heterocycles. The van der Waals surface area contributed by atoms with Crippen molar-refractivity contribution in [2.24, 2.45) is 0 Å². The summed E-state index contributed by atoms with van der Waals surface area (Å²) in [6, 6.07) is 3.39. The minimum Gasteiger partial charge on any atom is -0.507 e. The molecule has 0 aliphatic carbocycles. The molecule has 52 heavy (non-hydrogen) atoms. The summed E-state index contributed by atoms with van der Waals surface area (Å²) in [4.78, 5) is 26.5. The maximum absolute atomic E-state index is 13.4. The van der Waals surface area contributed by atoms with Crippen LogP contribution in [0.2, 0.25) is 0 Å². The number of aryl methyl sites for hydroxylation is 2. The summed E-state index contributed by atoms with van der Waals surface area (Å²) < 4.78 is 0. The SMILES string of the molecule is CCCCCCCCC=CCCCCCCCC(=O)NC(Cc1cc(CC)c(O)c(CC)c1)C(=O)NCCCCCCCCCCCCCCCC. The van der Waals surface area contributed by atoms with Crippen LogP contribution in [0.3, 0.4) is 0 Å². The molecule has 2 amide bonds. The summed E-state index contributed by atoms with van der Waals surface area (Å²) in [6.45, 7) is 9.26. The molecule has 1 rings (SSSR count). The second-order valence-electron chi connectivity index (χ2n) is 15.5. The first-order valence-electron chi connectivity index (χ1n) is 22.5. The monoisotopic (exact) mass is 725 g/mol. The fourth-order valence-corrected chi connectivity index (χ4v) is 7.21. The third-order valence-electron chi connectivity index (χ3n) is 10.7. The second kappa shape index (κ2) is 34.5. The minimum absolute atomic E-state index is 0.0421. The van der Waals surface area contributed by atoms with Crippen molar-refractivity contribution in [1.29, 1.82) is 0 Å². The number of rotatable bonds is 36. The normalized spacial score (nSPS) is 12.1. The Morgan fingerprint density at radius 1 is 0.577 bits per heavy atom. The zero-order valence-electron chi connectivity index (χ0n) is 34.8. The number of carbonyl (C=O) groups excluding carboxylic acids is 2. The van der Waals surface area contributed by atoms with Crippen molar-refractivity contribution in [3.8, 4) is 5.75 Å². The molecule has 0 saturated heterocycles. The Labute approximate surface area is 322 Å². The third-order valence-corrected chi connectivity index (χ3v) is 10.7. The summed E-state index contributed by atoms with van der Waals surface area (Å²) in [6.07, 6.45) is 41.4. The van der Waals surface area contributed by atoms with Gasteiger partial charge in [-0.05, 0) is 68.1 Å². The Morgan fingerprint density at radius 2 is 0.981 bits per heavy atom. The number of unbranched alkanes of at least 4 members (excludes halogenated alkanes) is 24. The summed E-state index contributed by atoms with van der Waals surface area (Å²) in [5, 5.41) is 16.8. The van der Waals surface area contributed by atoms with E-state index < -0.39 is 6.04 Å². The largest absolute Gasteiger partial charge is 0.507 e. The fraction of sp³-hybridized carbons (Fsp3) is 0.787. The number of carbonyl (C=O) groups is 2. The average molecular weight is 725 g/mol. The van der Waals surface area contributed by atoms with Crippen LogP contribution in [-0.2, 0) is 28.9 Å². The van der Waals surface area contributed by atoms with E-state index in [1.807, 2.05) is 26.0 Å². The zero-order valence-corrected chi connectivity index (χ0v) is 34.8. The predicted octanol–water partition coefficient (Wildman–Crippen LogP) is 13.2. The van der Waals surface area contributed by atoms with Gasteiger partial charge in [-0.2, -0.15) is 0 Å². The van der Waals surface area contributed by atoms with Crippen LogP contribution in [0.1, 0.15) is 224 Å². The molecule has 0 spiro atoms. The molecule has 0 fully saturated rings. The second-order valence-corrected chi connectivity index (χ2v) is 15.5. The molecule has 1 aromatic carbocycles. The van der Waals surface area contributed by atoms with E-state index in [-0.39, 0.29) is 11.8 Å². The van der Waals surface area contributed by atoms with Gasteiger partial charge in [0.25, 0.3) is 0 Å². The Balaban J connectivity index is 2.40. The lowest BCUT2D eigenvalue weighted by Gasteiger charge is -2.20. The van der Waals surface area contributed by atoms with Crippen LogP contribution < -0.4 is 10.6 Å². The van der Waals surface area contributed by atoms with E-state index >= 15 is 0 Å². The van der Waals surface area contributed by atoms with Crippen LogP contribution in [0, 0.1) is 0 Å². The third kappa shape index (κ3) is 25.6. The molecule has 0 aromatic heterocycles. The Bertz CT molecular complexity index is 1010. The lowest BCUT2D eigenvalue weighted by Crippen LogP contribution is -2.48. The predicted molar refractivity (Wildman–Crippen MR) is 225 cm³/mol. The van der Waals surface area contributed by atoms with Gasteiger partial charge in [0.1, 0.15) is 11.8 Å². The molecule has 1 aromatic rings. The van der Waals surface area contributed by atoms with Crippen molar-refractivity contribution in [2.45, 2.75) is 233 Å². The van der Waals surface area contributed by atoms with E-state index in [9.17, 15) is 14.7 Å². The highest BCUT2D eigenvalue weighted by molar-refractivity contribution is 5.87. The number of phenolic OH excluding ortho intramolecular Hbond substituents is 1. The van der Waals surface area contributed by atoms with Crippen LogP contribution in [0.4, 0.5) is 0 Å². The van der Waals surface area contributed by atoms with Crippen molar-refractivity contribution in [3.63, 3.8) is 0 Å². The quantitative estimate of drug-likeness (QED) is 0.0476. The smallest absolute Gasteiger partial charge is 0.242 e. The molecule has 1 atom stereocenters. The van der Waals surface area contributed by atoms with Gasteiger partial charge < -0.3 is 15.7 Å². The van der Waals surface area contributed by atoms with Gasteiger partial charge in [0.15, 0.2) is 0 Å². The van der Waals surface area contributed by atoms with Gasteiger partial charge >= 0.3 is 0 Å². The number of benzene rings is 1. The van der Waals surface area contributed by atoms with Gasteiger partial charge in [0.05, 0.1) is 0 Å². The number of nitrogens with one attached hydrogen (secondary N) is 2. The molecule has 1 unspecified atom stereocenters. The van der Waals surface area contributed by atoms with E-state index in [1.165, 1.54) is 135 Å². The van der Waals surface area contributed by atoms with Gasteiger partial charge in [0.2, 0.25) is 11.8 Å².